The molecule has 1 unspecified atom stereocenters. The van der Waals surface area contributed by atoms with Crippen LogP contribution in [0.15, 0.2) is 24.3 Å². The normalized spacial score (nSPS) is 15.8. The van der Waals surface area contributed by atoms with E-state index < -0.39 is 11.0 Å². The van der Waals surface area contributed by atoms with Gasteiger partial charge in [-0.25, -0.2) is 0 Å². The molecule has 22 heavy (non-hydrogen) atoms. The van der Waals surface area contributed by atoms with Gasteiger partial charge in [0.05, 0.1) is 11.0 Å². The van der Waals surface area contributed by atoms with Gasteiger partial charge in [0.25, 0.3) is 5.69 Å². The van der Waals surface area contributed by atoms with E-state index in [0.717, 1.165) is 25.4 Å². The SMILES string of the molecule is CCCN(CC(O)COc1cccc([N+](=O)[O-])c1)CC1CC1. The van der Waals surface area contributed by atoms with Crippen molar-refractivity contribution in [2.75, 3.05) is 26.2 Å². The van der Waals surface area contributed by atoms with Crippen LogP contribution in [0, 0.1) is 16.0 Å². The van der Waals surface area contributed by atoms with Gasteiger partial charge in [0.15, 0.2) is 0 Å². The second-order valence-electron chi connectivity index (χ2n) is 5.92. The van der Waals surface area contributed by atoms with E-state index in [9.17, 15) is 15.2 Å². The molecular formula is C16H24N2O4. The van der Waals surface area contributed by atoms with E-state index in [-0.39, 0.29) is 12.3 Å². The van der Waals surface area contributed by atoms with Gasteiger partial charge in [0.2, 0.25) is 0 Å². The summed E-state index contributed by atoms with van der Waals surface area (Å²) in [4.78, 5) is 12.5. The number of aliphatic hydroxyl groups excluding tert-OH is 1. The largest absolute Gasteiger partial charge is 0.491 e. The molecule has 1 saturated carbocycles. The standard InChI is InChI=1S/C16H24N2O4/c1-2-8-17(10-13-6-7-13)11-15(19)12-22-16-5-3-4-14(9-16)18(20)21/h3-5,9,13,15,19H,2,6-8,10-12H2,1H3. The Labute approximate surface area is 130 Å². The third kappa shape index (κ3) is 5.61. The Hall–Kier alpha value is -1.66. The molecule has 0 heterocycles. The average Bonchev–Trinajstić information content (AvgIpc) is 3.29. The second-order valence-corrected chi connectivity index (χ2v) is 5.92. The van der Waals surface area contributed by atoms with Crippen LogP contribution in [0.25, 0.3) is 0 Å². The van der Waals surface area contributed by atoms with Crippen LogP contribution in [-0.2, 0) is 0 Å². The number of hydrogen-bond acceptors (Lipinski definition) is 5. The minimum absolute atomic E-state index is 0.00617. The summed E-state index contributed by atoms with van der Waals surface area (Å²) >= 11 is 0. The summed E-state index contributed by atoms with van der Waals surface area (Å²) in [6.07, 6.45) is 3.05. The van der Waals surface area contributed by atoms with Crippen LogP contribution in [0.1, 0.15) is 26.2 Å². The van der Waals surface area contributed by atoms with Crippen LogP contribution in [0.5, 0.6) is 5.75 Å². The van der Waals surface area contributed by atoms with E-state index in [1.165, 1.54) is 25.0 Å². The van der Waals surface area contributed by atoms with Crippen LogP contribution < -0.4 is 4.74 Å². The summed E-state index contributed by atoms with van der Waals surface area (Å²) in [7, 11) is 0. The number of nitrogens with zero attached hydrogens (tertiary/aromatic N) is 2. The lowest BCUT2D eigenvalue weighted by atomic mass is 10.2. The zero-order valence-corrected chi connectivity index (χ0v) is 13.0. The smallest absolute Gasteiger partial charge is 0.273 e. The van der Waals surface area contributed by atoms with E-state index in [1.54, 1.807) is 12.1 Å². The molecule has 1 fully saturated rings. The van der Waals surface area contributed by atoms with Crippen molar-refractivity contribution >= 4 is 5.69 Å². The Bertz CT molecular complexity index is 491. The van der Waals surface area contributed by atoms with E-state index in [0.29, 0.717) is 12.3 Å². The molecule has 0 saturated heterocycles. The third-order valence-corrected chi connectivity index (χ3v) is 3.69. The quantitative estimate of drug-likeness (QED) is 0.531. The number of benzene rings is 1. The first-order valence-electron chi connectivity index (χ1n) is 7.86. The topological polar surface area (TPSA) is 75.8 Å². The summed E-state index contributed by atoms with van der Waals surface area (Å²) in [5.74, 6) is 1.20. The molecule has 1 aromatic rings. The maximum absolute atomic E-state index is 10.7. The van der Waals surface area contributed by atoms with Gasteiger partial charge in [-0.15, -0.1) is 0 Å². The Morgan fingerprint density at radius 3 is 2.91 bits per heavy atom. The highest BCUT2D eigenvalue weighted by Gasteiger charge is 2.25. The predicted molar refractivity (Wildman–Crippen MR) is 84.1 cm³/mol. The number of aliphatic hydroxyl groups is 1. The first-order valence-corrected chi connectivity index (χ1v) is 7.86. The van der Waals surface area contributed by atoms with Gasteiger partial charge in [0.1, 0.15) is 18.5 Å². The fourth-order valence-electron chi connectivity index (χ4n) is 2.47. The van der Waals surface area contributed by atoms with Gasteiger partial charge in [-0.3, -0.25) is 10.1 Å². The summed E-state index contributed by atoms with van der Waals surface area (Å²) in [5, 5.41) is 20.8. The number of hydrogen-bond donors (Lipinski definition) is 1. The van der Waals surface area contributed by atoms with Gasteiger partial charge < -0.3 is 14.7 Å². The van der Waals surface area contributed by atoms with E-state index in [1.807, 2.05) is 0 Å². The van der Waals surface area contributed by atoms with E-state index >= 15 is 0 Å². The molecule has 1 N–H and O–H groups in total. The van der Waals surface area contributed by atoms with Gasteiger partial charge >= 0.3 is 0 Å². The van der Waals surface area contributed by atoms with Crippen molar-refractivity contribution in [2.24, 2.45) is 5.92 Å². The molecule has 2 rings (SSSR count). The van der Waals surface area contributed by atoms with Crippen molar-refractivity contribution in [3.8, 4) is 5.75 Å². The Morgan fingerprint density at radius 1 is 1.50 bits per heavy atom. The van der Waals surface area contributed by atoms with E-state index in [2.05, 4.69) is 11.8 Å². The summed E-state index contributed by atoms with van der Waals surface area (Å²) < 4.78 is 5.48. The highest BCUT2D eigenvalue weighted by molar-refractivity contribution is 5.37. The average molecular weight is 308 g/mol. The first kappa shape index (κ1) is 16.7. The second kappa shape index (κ2) is 8.10. The van der Waals surface area contributed by atoms with Crippen LogP contribution in [-0.4, -0.2) is 47.3 Å². The monoisotopic (exact) mass is 308 g/mol. The predicted octanol–water partition coefficient (Wildman–Crippen LogP) is 2.46. The summed E-state index contributed by atoms with van der Waals surface area (Å²) in [6.45, 7) is 4.88. The molecule has 0 radical (unpaired) electrons. The lowest BCUT2D eigenvalue weighted by Crippen LogP contribution is -2.37. The molecule has 122 valence electrons. The maximum atomic E-state index is 10.7. The van der Waals surface area contributed by atoms with Crippen molar-refractivity contribution in [3.05, 3.63) is 34.4 Å². The zero-order chi connectivity index (χ0) is 15.9. The Morgan fingerprint density at radius 2 is 2.27 bits per heavy atom. The maximum Gasteiger partial charge on any atom is 0.273 e. The van der Waals surface area contributed by atoms with Crippen molar-refractivity contribution in [3.63, 3.8) is 0 Å². The molecule has 1 atom stereocenters. The molecule has 1 aliphatic rings. The molecule has 6 nitrogen and oxygen atoms in total. The molecule has 0 amide bonds. The van der Waals surface area contributed by atoms with Gasteiger partial charge in [-0.05, 0) is 37.8 Å². The van der Waals surface area contributed by atoms with Crippen LogP contribution in [0.2, 0.25) is 0 Å². The van der Waals surface area contributed by atoms with Crippen LogP contribution in [0.4, 0.5) is 5.69 Å². The van der Waals surface area contributed by atoms with Crippen molar-refractivity contribution in [2.45, 2.75) is 32.3 Å². The number of nitro groups is 1. The molecule has 0 aliphatic heterocycles. The zero-order valence-electron chi connectivity index (χ0n) is 13.0. The molecule has 0 spiro atoms. The van der Waals surface area contributed by atoms with Gasteiger partial charge in [-0.1, -0.05) is 13.0 Å². The van der Waals surface area contributed by atoms with Gasteiger partial charge in [-0.2, -0.15) is 0 Å². The number of rotatable bonds is 10. The fraction of sp³-hybridized carbons (Fsp3) is 0.625. The number of ether oxygens (including phenoxy) is 1. The minimum atomic E-state index is -0.593. The fourth-order valence-corrected chi connectivity index (χ4v) is 2.47. The van der Waals surface area contributed by atoms with Crippen molar-refractivity contribution < 1.29 is 14.8 Å². The molecule has 6 heteroatoms. The first-order chi connectivity index (χ1) is 10.6. The molecule has 1 aromatic carbocycles. The third-order valence-electron chi connectivity index (χ3n) is 3.69. The lowest BCUT2D eigenvalue weighted by molar-refractivity contribution is -0.384. The Kier molecular flexibility index (Phi) is 6.15. The van der Waals surface area contributed by atoms with Crippen molar-refractivity contribution in [1.82, 2.24) is 4.90 Å². The minimum Gasteiger partial charge on any atom is -0.491 e. The van der Waals surface area contributed by atoms with E-state index in [4.69, 9.17) is 4.74 Å². The van der Waals surface area contributed by atoms with Gasteiger partial charge in [0, 0.05) is 19.2 Å². The molecule has 1 aliphatic carbocycles. The van der Waals surface area contributed by atoms with Crippen LogP contribution in [0.3, 0.4) is 0 Å². The summed E-state index contributed by atoms with van der Waals surface area (Å²) in [5.41, 5.74) is -0.00617. The summed E-state index contributed by atoms with van der Waals surface area (Å²) in [6, 6.07) is 6.03. The molecule has 0 aromatic heterocycles. The number of nitro benzene ring substituents is 1. The molecule has 0 bridgehead atoms. The molecular weight excluding hydrogens is 284 g/mol. The highest BCUT2D eigenvalue weighted by Crippen LogP contribution is 2.29. The van der Waals surface area contributed by atoms with Crippen molar-refractivity contribution in [1.29, 1.82) is 0 Å². The lowest BCUT2D eigenvalue weighted by Gasteiger charge is -2.24. The number of non-ortho nitro benzene ring substituents is 1. The Balaban J connectivity index is 1.79. The highest BCUT2D eigenvalue weighted by atomic mass is 16.6. The van der Waals surface area contributed by atoms with Crippen LogP contribution >= 0.6 is 0 Å².